The van der Waals surface area contributed by atoms with E-state index in [-0.39, 0.29) is 11.6 Å². The Hall–Kier alpha value is -1.82. The molecule has 4 aliphatic rings. The van der Waals surface area contributed by atoms with Crippen molar-refractivity contribution in [2.24, 2.45) is 5.92 Å². The molecule has 4 rings (SSSR count). The molecule has 0 aromatic heterocycles. The highest BCUT2D eigenvalue weighted by Gasteiger charge is 2.45. The van der Waals surface area contributed by atoms with Crippen LogP contribution < -0.4 is 0 Å². The summed E-state index contributed by atoms with van der Waals surface area (Å²) in [4.78, 5) is 31.0. The lowest BCUT2D eigenvalue weighted by molar-refractivity contribution is -0.129. The number of nitrogens with zero attached hydrogens (tertiary/aromatic N) is 3. The fourth-order valence-corrected chi connectivity index (χ4v) is 5.33. The van der Waals surface area contributed by atoms with Gasteiger partial charge in [0.2, 0.25) is 5.91 Å². The molecule has 0 aromatic carbocycles. The van der Waals surface area contributed by atoms with Crippen LogP contribution in [-0.4, -0.2) is 71.6 Å². The van der Waals surface area contributed by atoms with Crippen molar-refractivity contribution in [1.29, 1.82) is 0 Å². The van der Waals surface area contributed by atoms with Crippen molar-refractivity contribution in [2.75, 3.05) is 33.3 Å². The molecule has 3 heterocycles. The second kappa shape index (κ2) is 6.97. The van der Waals surface area contributed by atoms with Gasteiger partial charge in [-0.2, -0.15) is 0 Å². The molecule has 148 valence electrons. The van der Waals surface area contributed by atoms with Gasteiger partial charge in [0.15, 0.2) is 0 Å². The van der Waals surface area contributed by atoms with Gasteiger partial charge in [0.1, 0.15) is 0 Å². The predicted molar refractivity (Wildman–Crippen MR) is 103 cm³/mol. The van der Waals surface area contributed by atoms with Gasteiger partial charge in [-0.1, -0.05) is 11.6 Å². The van der Waals surface area contributed by atoms with Gasteiger partial charge in [-0.05, 0) is 45.6 Å². The maximum Gasteiger partial charge on any atom is 0.409 e. The normalized spacial score (nSPS) is 32.4. The van der Waals surface area contributed by atoms with Crippen LogP contribution in [0, 0.1) is 5.92 Å². The van der Waals surface area contributed by atoms with Crippen LogP contribution in [0.15, 0.2) is 23.4 Å². The van der Waals surface area contributed by atoms with Crippen LogP contribution in [0.5, 0.6) is 0 Å². The molecular weight excluding hydrogens is 342 g/mol. The topological polar surface area (TPSA) is 53.1 Å². The summed E-state index contributed by atoms with van der Waals surface area (Å²) in [5.74, 6) is 0.692. The first kappa shape index (κ1) is 18.5. The van der Waals surface area contributed by atoms with Crippen molar-refractivity contribution in [1.82, 2.24) is 14.7 Å². The summed E-state index contributed by atoms with van der Waals surface area (Å²) >= 11 is 0. The van der Waals surface area contributed by atoms with E-state index in [1.54, 1.807) is 0 Å². The molecule has 0 radical (unpaired) electrons. The van der Waals surface area contributed by atoms with E-state index in [0.29, 0.717) is 24.3 Å². The van der Waals surface area contributed by atoms with Gasteiger partial charge in [0.05, 0.1) is 7.11 Å². The first-order chi connectivity index (χ1) is 12.9. The number of carbonyl (C=O) groups is 2. The van der Waals surface area contributed by atoms with Gasteiger partial charge in [0, 0.05) is 55.8 Å². The molecule has 3 fully saturated rings. The third kappa shape index (κ3) is 3.28. The molecule has 0 aromatic rings. The number of likely N-dealkylation sites (tertiary alicyclic amines) is 3. The van der Waals surface area contributed by atoms with E-state index in [9.17, 15) is 9.59 Å². The maximum atomic E-state index is 12.7. The fraction of sp³-hybridized carbons (Fsp3) is 0.714. The number of ether oxygens (including phenoxy) is 1. The Kier molecular flexibility index (Phi) is 4.78. The molecule has 0 saturated carbocycles. The van der Waals surface area contributed by atoms with Crippen LogP contribution in [0.3, 0.4) is 0 Å². The first-order valence-corrected chi connectivity index (χ1v) is 10.2. The van der Waals surface area contributed by atoms with E-state index in [1.807, 2.05) is 4.90 Å². The van der Waals surface area contributed by atoms with Gasteiger partial charge in [-0.3, -0.25) is 9.69 Å². The zero-order valence-electron chi connectivity index (χ0n) is 16.7. The summed E-state index contributed by atoms with van der Waals surface area (Å²) in [7, 11) is 1.45. The first-order valence-electron chi connectivity index (χ1n) is 10.2. The highest BCUT2D eigenvalue weighted by molar-refractivity contribution is 5.83. The Balaban J connectivity index is 1.40. The third-order valence-electron chi connectivity index (χ3n) is 6.96. The van der Waals surface area contributed by atoms with E-state index >= 15 is 0 Å². The minimum absolute atomic E-state index is 0.0140. The van der Waals surface area contributed by atoms with Crippen LogP contribution in [0.1, 0.15) is 46.0 Å². The van der Waals surface area contributed by atoms with Crippen molar-refractivity contribution in [3.05, 3.63) is 23.4 Å². The highest BCUT2D eigenvalue weighted by Crippen LogP contribution is 2.40. The summed E-state index contributed by atoms with van der Waals surface area (Å²) in [6, 6.07) is 0.317. The minimum Gasteiger partial charge on any atom is -0.453 e. The molecule has 3 saturated heterocycles. The van der Waals surface area contributed by atoms with Crippen LogP contribution in [0.2, 0.25) is 0 Å². The average molecular weight is 373 g/mol. The number of rotatable bonds is 2. The predicted octanol–water partition coefficient (Wildman–Crippen LogP) is 2.76. The smallest absolute Gasteiger partial charge is 0.409 e. The number of hydrogen-bond donors (Lipinski definition) is 0. The zero-order chi connectivity index (χ0) is 19.2. The summed E-state index contributed by atoms with van der Waals surface area (Å²) < 4.78 is 4.88. The average Bonchev–Trinajstić information content (AvgIpc) is 3.21. The molecule has 2 unspecified atom stereocenters. The Labute approximate surface area is 161 Å². The molecule has 6 heteroatoms. The molecule has 27 heavy (non-hydrogen) atoms. The number of piperidine rings is 1. The van der Waals surface area contributed by atoms with Gasteiger partial charge in [0.25, 0.3) is 0 Å². The molecule has 3 aliphatic heterocycles. The zero-order valence-corrected chi connectivity index (χ0v) is 16.7. The molecule has 0 spiro atoms. The molecule has 2 amide bonds. The molecule has 0 N–H and O–H groups in total. The summed E-state index contributed by atoms with van der Waals surface area (Å²) in [6.45, 7) is 7.82. The van der Waals surface area contributed by atoms with Crippen molar-refractivity contribution in [3.8, 4) is 0 Å². The largest absolute Gasteiger partial charge is 0.453 e. The quantitative estimate of drug-likeness (QED) is 0.747. The van der Waals surface area contributed by atoms with E-state index in [1.165, 1.54) is 18.4 Å². The number of allylic oxidation sites excluding steroid dienone is 4. The molecule has 6 nitrogen and oxygen atoms in total. The van der Waals surface area contributed by atoms with E-state index in [4.69, 9.17) is 4.74 Å². The van der Waals surface area contributed by atoms with Crippen LogP contribution >= 0.6 is 0 Å². The molecule has 2 atom stereocenters. The maximum absolute atomic E-state index is 12.7. The third-order valence-corrected chi connectivity index (χ3v) is 6.96. The lowest BCUT2D eigenvalue weighted by Gasteiger charge is -2.45. The minimum atomic E-state index is -0.227. The number of amides is 2. The lowest BCUT2D eigenvalue weighted by atomic mass is 9.91. The lowest BCUT2D eigenvalue weighted by Crippen LogP contribution is -2.54. The van der Waals surface area contributed by atoms with Crippen LogP contribution in [0.4, 0.5) is 4.79 Å². The van der Waals surface area contributed by atoms with Crippen molar-refractivity contribution >= 4 is 12.0 Å². The monoisotopic (exact) mass is 373 g/mol. The summed E-state index contributed by atoms with van der Waals surface area (Å²) in [5, 5.41) is 0. The summed E-state index contributed by atoms with van der Waals surface area (Å²) in [5.41, 5.74) is 2.54. The van der Waals surface area contributed by atoms with Gasteiger partial charge in [-0.25, -0.2) is 4.79 Å². The van der Waals surface area contributed by atoms with Gasteiger partial charge in [-0.15, -0.1) is 0 Å². The number of methoxy groups -OCH3 is 1. The second-order valence-corrected chi connectivity index (χ2v) is 8.77. The second-order valence-electron chi connectivity index (χ2n) is 8.77. The number of carbonyl (C=O) groups excluding carboxylic acids is 2. The van der Waals surface area contributed by atoms with Crippen molar-refractivity contribution < 1.29 is 14.3 Å². The Morgan fingerprint density at radius 2 is 2.00 bits per heavy atom. The molecule has 0 bridgehead atoms. The number of fused-ring (bicyclic) bond motifs is 1. The van der Waals surface area contributed by atoms with Gasteiger partial charge >= 0.3 is 6.09 Å². The summed E-state index contributed by atoms with van der Waals surface area (Å²) in [6.07, 6.45) is 8.90. The fourth-order valence-electron chi connectivity index (χ4n) is 5.33. The SMILES string of the molecule is COC(=O)N1CCC(C)(N2CCC(N3C(=O)CC4CC=C(C)C=C43)CC2)C1. The van der Waals surface area contributed by atoms with E-state index < -0.39 is 0 Å². The van der Waals surface area contributed by atoms with E-state index in [0.717, 1.165) is 51.9 Å². The van der Waals surface area contributed by atoms with Gasteiger partial charge < -0.3 is 14.5 Å². The van der Waals surface area contributed by atoms with Crippen LogP contribution in [0.25, 0.3) is 0 Å². The van der Waals surface area contributed by atoms with Crippen LogP contribution in [-0.2, 0) is 9.53 Å². The highest BCUT2D eigenvalue weighted by atomic mass is 16.5. The number of hydrogen-bond acceptors (Lipinski definition) is 4. The van der Waals surface area contributed by atoms with Crippen molar-refractivity contribution in [3.63, 3.8) is 0 Å². The Bertz CT molecular complexity index is 693. The Morgan fingerprint density at radius 1 is 1.26 bits per heavy atom. The van der Waals surface area contributed by atoms with Crippen molar-refractivity contribution in [2.45, 2.75) is 57.5 Å². The Morgan fingerprint density at radius 3 is 2.70 bits per heavy atom. The molecule has 1 aliphatic carbocycles. The standard InChI is InChI=1S/C21H31N3O3/c1-15-4-5-16-13-19(25)24(18(16)12-15)17-6-9-23(10-7-17)21(2)8-11-22(14-21)20(26)27-3/h4,12,16-17H,5-11,13-14H2,1-3H3. The van der Waals surface area contributed by atoms with E-state index in [2.05, 4.69) is 35.8 Å². The molecular formula is C21H31N3O3.